The highest BCUT2D eigenvalue weighted by Gasteiger charge is 2.22. The standard InChI is InChI=1S/C31H34F2N6O2/c1-38-8-10-39(11-9-38)25-3-4-26(29(19-25)34-24-6-12-41-13-7-24)31(40)35-30-27-17-20(2-5-28(27)36-37-30)14-21-15-22(32)18-23(33)16-21/h2-5,15-19,24,34H,6-14H2,1H3,(H2,35,36,37,40)/i3D,14D2,19D. The maximum atomic E-state index is 13.9. The molecule has 2 fully saturated rings. The number of likely N-dealkylation sites (N-methyl/N-ethyl adjacent to an activating group) is 1. The lowest BCUT2D eigenvalue weighted by Gasteiger charge is -2.34. The molecule has 0 unspecified atom stereocenters. The molecule has 1 aromatic heterocycles. The van der Waals surface area contributed by atoms with E-state index in [2.05, 4.69) is 25.7 Å². The Morgan fingerprint density at radius 3 is 2.61 bits per heavy atom. The van der Waals surface area contributed by atoms with Crippen molar-refractivity contribution in [3.05, 3.63) is 82.9 Å². The average Bonchev–Trinajstić information content (AvgIpc) is 3.41. The largest absolute Gasteiger partial charge is 0.381 e. The number of nitrogens with one attached hydrogen (secondary N) is 3. The van der Waals surface area contributed by atoms with E-state index in [9.17, 15) is 13.6 Å². The van der Waals surface area contributed by atoms with Crippen LogP contribution in [0.15, 0.2) is 54.5 Å². The molecular weight excluding hydrogens is 526 g/mol. The van der Waals surface area contributed by atoms with Crippen molar-refractivity contribution in [1.82, 2.24) is 15.1 Å². The number of hydrogen-bond acceptors (Lipinski definition) is 6. The molecule has 2 saturated heterocycles. The third-order valence-electron chi connectivity index (χ3n) is 7.45. The zero-order valence-electron chi connectivity index (χ0n) is 26.7. The van der Waals surface area contributed by atoms with Gasteiger partial charge in [0.25, 0.3) is 5.91 Å². The lowest BCUT2D eigenvalue weighted by atomic mass is 10.0. The lowest BCUT2D eigenvalue weighted by Crippen LogP contribution is -2.44. The van der Waals surface area contributed by atoms with Crippen molar-refractivity contribution in [2.75, 3.05) is 62.0 Å². The lowest BCUT2D eigenvalue weighted by molar-refractivity contribution is 0.0904. The van der Waals surface area contributed by atoms with E-state index in [1.165, 1.54) is 18.2 Å². The summed E-state index contributed by atoms with van der Waals surface area (Å²) in [4.78, 5) is 18.1. The van der Waals surface area contributed by atoms with E-state index in [4.69, 9.17) is 10.2 Å². The molecule has 2 aliphatic heterocycles. The number of aromatic amines is 1. The average molecular weight is 565 g/mol. The quantitative estimate of drug-likeness (QED) is 0.292. The van der Waals surface area contributed by atoms with Crippen LogP contribution in [0.5, 0.6) is 0 Å². The molecule has 41 heavy (non-hydrogen) atoms. The maximum absolute atomic E-state index is 13.9. The number of nitrogens with zero attached hydrogens (tertiary/aromatic N) is 3. The molecule has 6 rings (SSSR count). The summed E-state index contributed by atoms with van der Waals surface area (Å²) in [7, 11) is 2.03. The van der Waals surface area contributed by atoms with Gasteiger partial charge in [0, 0.05) is 71.0 Å². The van der Waals surface area contributed by atoms with Gasteiger partial charge in [0.15, 0.2) is 5.82 Å². The van der Waals surface area contributed by atoms with Crippen molar-refractivity contribution in [1.29, 1.82) is 0 Å². The van der Waals surface area contributed by atoms with Crippen LogP contribution in [0.25, 0.3) is 10.9 Å². The second kappa shape index (κ2) is 11.8. The van der Waals surface area contributed by atoms with Gasteiger partial charge in [-0.05, 0) is 79.8 Å². The van der Waals surface area contributed by atoms with Gasteiger partial charge in [-0.25, -0.2) is 8.78 Å². The fourth-order valence-corrected chi connectivity index (χ4v) is 5.13. The smallest absolute Gasteiger partial charge is 0.258 e. The number of fused-ring (bicyclic) bond motifs is 1. The van der Waals surface area contributed by atoms with E-state index in [1.54, 1.807) is 6.07 Å². The highest BCUT2D eigenvalue weighted by atomic mass is 19.1. The first kappa shape index (κ1) is 22.6. The van der Waals surface area contributed by atoms with Crippen LogP contribution in [0.1, 0.15) is 39.8 Å². The second-order valence-electron chi connectivity index (χ2n) is 10.4. The third kappa shape index (κ3) is 6.34. The number of rotatable bonds is 7. The van der Waals surface area contributed by atoms with E-state index in [0.29, 0.717) is 67.5 Å². The first-order valence-electron chi connectivity index (χ1n) is 15.7. The number of ether oxygens (including phenoxy) is 1. The summed E-state index contributed by atoms with van der Waals surface area (Å²) in [5.41, 5.74) is 1.34. The molecule has 10 heteroatoms. The highest BCUT2D eigenvalue weighted by molar-refractivity contribution is 6.11. The molecule has 2 aliphatic rings. The van der Waals surface area contributed by atoms with Crippen LogP contribution in [-0.2, 0) is 11.1 Å². The molecule has 0 radical (unpaired) electrons. The van der Waals surface area contributed by atoms with E-state index in [0.717, 1.165) is 25.2 Å². The van der Waals surface area contributed by atoms with E-state index < -0.39 is 23.9 Å². The Labute approximate surface area is 243 Å². The summed E-state index contributed by atoms with van der Waals surface area (Å²) >= 11 is 0. The second-order valence-corrected chi connectivity index (χ2v) is 10.4. The van der Waals surface area contributed by atoms with Gasteiger partial charge in [-0.2, -0.15) is 5.10 Å². The van der Waals surface area contributed by atoms with Gasteiger partial charge >= 0.3 is 0 Å². The fourth-order valence-electron chi connectivity index (χ4n) is 5.13. The first-order chi connectivity index (χ1) is 21.5. The minimum absolute atomic E-state index is 0.0185. The van der Waals surface area contributed by atoms with Gasteiger partial charge in [-0.3, -0.25) is 9.89 Å². The molecule has 214 valence electrons. The van der Waals surface area contributed by atoms with Crippen molar-refractivity contribution < 1.29 is 23.8 Å². The summed E-state index contributed by atoms with van der Waals surface area (Å²) in [6, 6.07) is 8.71. The Balaban J connectivity index is 1.35. The number of piperazine rings is 1. The van der Waals surface area contributed by atoms with Crippen LogP contribution in [-0.4, -0.2) is 73.5 Å². The summed E-state index contributed by atoms with van der Waals surface area (Å²) in [5.74, 6) is -2.27. The van der Waals surface area contributed by atoms with E-state index >= 15 is 0 Å². The monoisotopic (exact) mass is 564 g/mol. The van der Waals surface area contributed by atoms with Crippen LogP contribution in [0.3, 0.4) is 0 Å². The predicted octanol–water partition coefficient (Wildman–Crippen LogP) is 5.03. The molecule has 0 atom stereocenters. The Bertz CT molecular complexity index is 1720. The normalized spacial score (nSPS) is 18.5. The molecule has 3 heterocycles. The molecule has 1 amide bonds. The Kier molecular flexibility index (Phi) is 6.54. The maximum Gasteiger partial charge on any atom is 0.258 e. The molecule has 0 spiro atoms. The van der Waals surface area contributed by atoms with Gasteiger partial charge in [-0.1, -0.05) is 6.07 Å². The Hall–Kier alpha value is -4.02. The Morgan fingerprint density at radius 1 is 1.10 bits per heavy atom. The SMILES string of the molecule is [2H]c1cc(C(=O)Nc2n[nH]c3ccc(C([2H])([2H])c4cc(F)cc(F)c4)cc23)c(NC2CCOCC2)c([2H])c1N1CCN(C)CC1. The Morgan fingerprint density at radius 2 is 1.85 bits per heavy atom. The van der Waals surface area contributed by atoms with Crippen molar-refractivity contribution in [3.8, 4) is 0 Å². The number of H-pyrrole nitrogens is 1. The van der Waals surface area contributed by atoms with Crippen molar-refractivity contribution in [2.24, 2.45) is 0 Å². The third-order valence-corrected chi connectivity index (χ3v) is 7.45. The van der Waals surface area contributed by atoms with Gasteiger partial charge in [0.1, 0.15) is 11.6 Å². The number of carbonyl (C=O) groups excluding carboxylic acids is 1. The predicted molar refractivity (Wildman–Crippen MR) is 157 cm³/mol. The minimum Gasteiger partial charge on any atom is -0.381 e. The minimum atomic E-state index is -2.25. The molecule has 8 nitrogen and oxygen atoms in total. The summed E-state index contributed by atoms with van der Waals surface area (Å²) in [6.07, 6.45) is -0.844. The zero-order chi connectivity index (χ0) is 31.9. The number of anilines is 3. The van der Waals surface area contributed by atoms with Gasteiger partial charge in [-0.15, -0.1) is 0 Å². The number of benzene rings is 3. The molecule has 0 saturated carbocycles. The molecular formula is C31H34F2N6O2. The van der Waals surface area contributed by atoms with E-state index in [-0.39, 0.29) is 40.6 Å². The molecule has 0 bridgehead atoms. The van der Waals surface area contributed by atoms with Crippen molar-refractivity contribution in [2.45, 2.75) is 25.3 Å². The number of amides is 1. The van der Waals surface area contributed by atoms with E-state index in [1.807, 2.05) is 11.9 Å². The number of hydrogen-bond donors (Lipinski definition) is 3. The van der Waals surface area contributed by atoms with Crippen molar-refractivity contribution >= 4 is 34.0 Å². The summed E-state index contributed by atoms with van der Waals surface area (Å²) < 4.78 is 68.6. The highest BCUT2D eigenvalue weighted by Crippen LogP contribution is 2.29. The molecule has 3 aromatic carbocycles. The van der Waals surface area contributed by atoms with Crippen molar-refractivity contribution in [3.63, 3.8) is 0 Å². The van der Waals surface area contributed by atoms with Gasteiger partial charge < -0.3 is 25.2 Å². The number of aromatic nitrogens is 2. The van der Waals surface area contributed by atoms with Crippen LogP contribution < -0.4 is 15.5 Å². The molecule has 3 N–H and O–H groups in total. The summed E-state index contributed by atoms with van der Waals surface area (Å²) in [5, 5.41) is 13.6. The topological polar surface area (TPSA) is 85.5 Å². The van der Waals surface area contributed by atoms with Gasteiger partial charge in [0.2, 0.25) is 0 Å². The zero-order valence-corrected chi connectivity index (χ0v) is 22.7. The number of carbonyl (C=O) groups is 1. The van der Waals surface area contributed by atoms with Crippen LogP contribution >= 0.6 is 0 Å². The van der Waals surface area contributed by atoms with Crippen LogP contribution in [0.2, 0.25) is 0 Å². The number of halogens is 2. The van der Waals surface area contributed by atoms with Crippen LogP contribution in [0.4, 0.5) is 26.0 Å². The molecule has 0 aliphatic carbocycles. The van der Waals surface area contributed by atoms with Gasteiger partial charge in [0.05, 0.1) is 13.8 Å². The first-order valence-corrected chi connectivity index (χ1v) is 13.7. The fraction of sp³-hybridized carbons (Fsp3) is 0.355. The van der Waals surface area contributed by atoms with Crippen LogP contribution in [0, 0.1) is 11.6 Å². The summed E-state index contributed by atoms with van der Waals surface area (Å²) in [6.45, 7) is 4.04. The molecule has 4 aromatic rings.